The number of ether oxygens (including phenoxy) is 1. The molecule has 0 radical (unpaired) electrons. The van der Waals surface area contributed by atoms with Crippen LogP contribution in [0, 0.1) is 0 Å². The summed E-state index contributed by atoms with van der Waals surface area (Å²) in [5.41, 5.74) is 3.65. The number of carbonyl (C=O) groups is 2. The third kappa shape index (κ3) is 4.01. The molecule has 1 atom stereocenters. The molecule has 1 aromatic heterocycles. The van der Waals surface area contributed by atoms with Crippen molar-refractivity contribution in [2.75, 3.05) is 45.9 Å². The molecule has 5 rings (SSSR count). The molecule has 0 aliphatic carbocycles. The van der Waals surface area contributed by atoms with Gasteiger partial charge < -0.3 is 19.9 Å². The zero-order valence-corrected chi connectivity index (χ0v) is 18.0. The lowest BCUT2D eigenvalue weighted by atomic mass is 9.97. The van der Waals surface area contributed by atoms with E-state index in [4.69, 9.17) is 4.74 Å². The standard InChI is InChI=1S/C25H28N4O3/c30-23(26-10-5-11-28-12-14-32-15-13-28)17-29-24(19-7-1-2-8-20(19)25(29)31)21-16-27-22-9-4-3-6-18(21)22/h1-4,6-9,16,24,27H,5,10-15,17H2,(H,26,30)/t24-/m0/s1. The van der Waals surface area contributed by atoms with E-state index in [0.717, 1.165) is 61.3 Å². The molecule has 0 unspecified atom stereocenters. The lowest BCUT2D eigenvalue weighted by Crippen LogP contribution is -2.41. The normalized spacial score (nSPS) is 18.8. The Kier molecular flexibility index (Phi) is 5.92. The predicted octanol–water partition coefficient (Wildman–Crippen LogP) is 2.55. The van der Waals surface area contributed by atoms with Crippen molar-refractivity contribution >= 4 is 22.7 Å². The average molecular weight is 433 g/mol. The Morgan fingerprint density at radius 2 is 1.84 bits per heavy atom. The number of benzene rings is 2. The van der Waals surface area contributed by atoms with E-state index in [-0.39, 0.29) is 24.4 Å². The summed E-state index contributed by atoms with van der Waals surface area (Å²) < 4.78 is 5.37. The maximum absolute atomic E-state index is 13.2. The Hall–Kier alpha value is -3.16. The molecule has 2 aliphatic heterocycles. The van der Waals surface area contributed by atoms with Crippen molar-refractivity contribution < 1.29 is 14.3 Å². The number of nitrogens with zero attached hydrogens (tertiary/aromatic N) is 2. The van der Waals surface area contributed by atoms with Crippen molar-refractivity contribution in [2.45, 2.75) is 12.5 Å². The Morgan fingerprint density at radius 3 is 2.72 bits per heavy atom. The van der Waals surface area contributed by atoms with Gasteiger partial charge in [-0.15, -0.1) is 0 Å². The van der Waals surface area contributed by atoms with E-state index < -0.39 is 0 Å². The second-order valence-electron chi connectivity index (χ2n) is 8.37. The zero-order chi connectivity index (χ0) is 21.9. The van der Waals surface area contributed by atoms with Crippen molar-refractivity contribution in [1.29, 1.82) is 0 Å². The zero-order valence-electron chi connectivity index (χ0n) is 18.0. The Balaban J connectivity index is 1.29. The smallest absolute Gasteiger partial charge is 0.255 e. The Labute approximate surface area is 187 Å². The van der Waals surface area contributed by atoms with Gasteiger partial charge in [0.2, 0.25) is 5.91 Å². The van der Waals surface area contributed by atoms with Crippen LogP contribution in [-0.4, -0.2) is 72.5 Å². The molecular weight excluding hydrogens is 404 g/mol. The minimum absolute atomic E-state index is 0.0369. The van der Waals surface area contributed by atoms with Crippen LogP contribution >= 0.6 is 0 Å². The predicted molar refractivity (Wildman–Crippen MR) is 123 cm³/mol. The topological polar surface area (TPSA) is 77.7 Å². The lowest BCUT2D eigenvalue weighted by molar-refractivity contribution is -0.122. The third-order valence-electron chi connectivity index (χ3n) is 6.37. The van der Waals surface area contributed by atoms with Gasteiger partial charge in [0.05, 0.1) is 19.3 Å². The van der Waals surface area contributed by atoms with Crippen molar-refractivity contribution in [3.05, 3.63) is 71.4 Å². The molecule has 166 valence electrons. The van der Waals surface area contributed by atoms with E-state index in [0.29, 0.717) is 12.1 Å². The van der Waals surface area contributed by atoms with Gasteiger partial charge in [0, 0.05) is 47.9 Å². The number of aromatic nitrogens is 1. The third-order valence-corrected chi connectivity index (χ3v) is 6.37. The molecule has 2 aliphatic rings. The van der Waals surface area contributed by atoms with Gasteiger partial charge in [-0.1, -0.05) is 36.4 Å². The van der Waals surface area contributed by atoms with Crippen LogP contribution in [0.25, 0.3) is 10.9 Å². The molecular formula is C25H28N4O3. The first-order valence-corrected chi connectivity index (χ1v) is 11.2. The summed E-state index contributed by atoms with van der Waals surface area (Å²) in [4.78, 5) is 33.4. The number of amides is 2. The van der Waals surface area contributed by atoms with E-state index in [1.165, 1.54) is 0 Å². The summed E-state index contributed by atoms with van der Waals surface area (Å²) >= 11 is 0. The van der Waals surface area contributed by atoms with E-state index in [9.17, 15) is 9.59 Å². The fourth-order valence-corrected chi connectivity index (χ4v) is 4.75. The summed E-state index contributed by atoms with van der Waals surface area (Å²) in [5.74, 6) is -0.225. The molecule has 7 heteroatoms. The fraction of sp³-hybridized carbons (Fsp3) is 0.360. The van der Waals surface area contributed by atoms with Gasteiger partial charge in [0.25, 0.3) is 5.91 Å². The van der Waals surface area contributed by atoms with Crippen LogP contribution in [0.4, 0.5) is 0 Å². The van der Waals surface area contributed by atoms with Gasteiger partial charge in [0.1, 0.15) is 6.54 Å². The van der Waals surface area contributed by atoms with Crippen molar-refractivity contribution in [1.82, 2.24) is 20.1 Å². The number of para-hydroxylation sites is 1. The van der Waals surface area contributed by atoms with Crippen molar-refractivity contribution in [3.63, 3.8) is 0 Å². The van der Waals surface area contributed by atoms with Gasteiger partial charge in [-0.2, -0.15) is 0 Å². The Bertz CT molecular complexity index is 1120. The number of carbonyl (C=O) groups excluding carboxylic acids is 2. The number of morpholine rings is 1. The molecule has 2 N–H and O–H groups in total. The quantitative estimate of drug-likeness (QED) is 0.563. The highest BCUT2D eigenvalue weighted by atomic mass is 16.5. The summed E-state index contributed by atoms with van der Waals surface area (Å²) in [5, 5.41) is 4.07. The molecule has 0 spiro atoms. The monoisotopic (exact) mass is 432 g/mol. The van der Waals surface area contributed by atoms with Gasteiger partial charge in [0.15, 0.2) is 0 Å². The van der Waals surface area contributed by atoms with Crippen molar-refractivity contribution in [2.24, 2.45) is 0 Å². The number of rotatable bonds is 7. The maximum atomic E-state index is 13.2. The first kappa shape index (κ1) is 20.7. The molecule has 0 bridgehead atoms. The summed E-state index contributed by atoms with van der Waals surface area (Å²) in [6, 6.07) is 15.4. The SMILES string of the molecule is O=C(CN1C(=O)c2ccccc2[C@H]1c1c[nH]c2ccccc12)NCCCN1CCOCC1. The molecule has 7 nitrogen and oxygen atoms in total. The molecule has 1 fully saturated rings. The lowest BCUT2D eigenvalue weighted by Gasteiger charge is -2.27. The van der Waals surface area contributed by atoms with Gasteiger partial charge in [-0.25, -0.2) is 0 Å². The molecule has 2 aromatic carbocycles. The highest BCUT2D eigenvalue weighted by molar-refractivity contribution is 6.02. The molecule has 3 heterocycles. The number of hydrogen-bond acceptors (Lipinski definition) is 4. The fourth-order valence-electron chi connectivity index (χ4n) is 4.75. The Morgan fingerprint density at radius 1 is 1.06 bits per heavy atom. The second-order valence-corrected chi connectivity index (χ2v) is 8.37. The van der Waals surface area contributed by atoms with Gasteiger partial charge >= 0.3 is 0 Å². The molecule has 2 amide bonds. The second kappa shape index (κ2) is 9.14. The number of aromatic amines is 1. The number of H-pyrrole nitrogens is 1. The van der Waals surface area contributed by atoms with E-state index in [2.05, 4.69) is 21.3 Å². The highest BCUT2D eigenvalue weighted by Gasteiger charge is 2.39. The molecule has 3 aromatic rings. The van der Waals surface area contributed by atoms with Crippen LogP contribution in [0.15, 0.2) is 54.7 Å². The summed E-state index contributed by atoms with van der Waals surface area (Å²) in [6.07, 6.45) is 2.84. The molecule has 32 heavy (non-hydrogen) atoms. The number of nitrogens with one attached hydrogen (secondary N) is 2. The van der Waals surface area contributed by atoms with Gasteiger partial charge in [-0.05, 0) is 30.7 Å². The van der Waals surface area contributed by atoms with Crippen LogP contribution in [0.5, 0.6) is 0 Å². The molecule has 0 saturated carbocycles. The number of fused-ring (bicyclic) bond motifs is 2. The molecule has 1 saturated heterocycles. The van der Waals surface area contributed by atoms with Crippen LogP contribution in [0.3, 0.4) is 0 Å². The maximum Gasteiger partial charge on any atom is 0.255 e. The first-order valence-electron chi connectivity index (χ1n) is 11.2. The average Bonchev–Trinajstić information content (AvgIpc) is 3.37. The highest BCUT2D eigenvalue weighted by Crippen LogP contribution is 2.40. The number of hydrogen-bond donors (Lipinski definition) is 2. The van der Waals surface area contributed by atoms with Crippen LogP contribution in [0.1, 0.15) is 33.9 Å². The largest absolute Gasteiger partial charge is 0.379 e. The van der Waals surface area contributed by atoms with Gasteiger partial charge in [-0.3, -0.25) is 14.5 Å². The van der Waals surface area contributed by atoms with Crippen LogP contribution in [-0.2, 0) is 9.53 Å². The minimum Gasteiger partial charge on any atom is -0.379 e. The summed E-state index contributed by atoms with van der Waals surface area (Å²) in [6.45, 7) is 5.02. The first-order chi connectivity index (χ1) is 15.7. The van der Waals surface area contributed by atoms with Crippen molar-refractivity contribution in [3.8, 4) is 0 Å². The van der Waals surface area contributed by atoms with E-state index in [1.54, 1.807) is 4.90 Å². The van der Waals surface area contributed by atoms with E-state index >= 15 is 0 Å². The van der Waals surface area contributed by atoms with E-state index in [1.807, 2.05) is 48.7 Å². The summed E-state index contributed by atoms with van der Waals surface area (Å²) in [7, 11) is 0. The van der Waals surface area contributed by atoms with Crippen LogP contribution in [0.2, 0.25) is 0 Å². The minimum atomic E-state index is -0.283. The van der Waals surface area contributed by atoms with Crippen LogP contribution < -0.4 is 5.32 Å².